The van der Waals surface area contributed by atoms with E-state index in [2.05, 4.69) is 15.7 Å². The molecule has 2 N–H and O–H groups in total. The van der Waals surface area contributed by atoms with Crippen molar-refractivity contribution in [2.75, 3.05) is 11.4 Å². The second-order valence-electron chi connectivity index (χ2n) is 6.67. The van der Waals surface area contributed by atoms with Crippen molar-refractivity contribution in [3.8, 4) is 0 Å². The van der Waals surface area contributed by atoms with Crippen LogP contribution in [0.2, 0.25) is 0 Å². The number of hydrogen-bond donors (Lipinski definition) is 2. The Bertz CT molecular complexity index is 1100. The lowest BCUT2D eigenvalue weighted by Crippen LogP contribution is -2.35. The Kier molecular flexibility index (Phi) is 5.81. The molecule has 6 nitrogen and oxygen atoms in total. The molecule has 0 bridgehead atoms. The zero-order chi connectivity index (χ0) is 20.9. The summed E-state index contributed by atoms with van der Waals surface area (Å²) < 4.78 is 0. The topological polar surface area (TPSA) is 77.3 Å². The predicted molar refractivity (Wildman–Crippen MR) is 120 cm³/mol. The van der Waals surface area contributed by atoms with Crippen LogP contribution < -0.4 is 10.3 Å². The predicted octanol–water partition coefficient (Wildman–Crippen LogP) is 4.64. The Hall–Kier alpha value is -3.58. The number of oxime groups is 1. The number of carbonyl (C=O) groups is 1. The van der Waals surface area contributed by atoms with Gasteiger partial charge in [-0.15, -0.1) is 0 Å². The van der Waals surface area contributed by atoms with E-state index in [1.54, 1.807) is 16.7 Å². The molecule has 0 spiro atoms. The van der Waals surface area contributed by atoms with E-state index in [1.165, 1.54) is 6.21 Å². The second-order valence-corrected chi connectivity index (χ2v) is 7.75. The van der Waals surface area contributed by atoms with Crippen molar-refractivity contribution in [1.29, 1.82) is 0 Å². The molecule has 3 aromatic carbocycles. The minimum atomic E-state index is -0.0899. The summed E-state index contributed by atoms with van der Waals surface area (Å²) in [6.45, 7) is 1.91. The van der Waals surface area contributed by atoms with Crippen LogP contribution in [0.15, 0.2) is 92.8 Å². The van der Waals surface area contributed by atoms with Gasteiger partial charge in [-0.1, -0.05) is 59.4 Å². The molecule has 0 saturated heterocycles. The summed E-state index contributed by atoms with van der Waals surface area (Å²) in [5.74, 6) is -0.0899. The van der Waals surface area contributed by atoms with Crippen molar-refractivity contribution in [3.05, 3.63) is 83.9 Å². The summed E-state index contributed by atoms with van der Waals surface area (Å²) in [5.41, 5.74) is 7.02. The number of hydrazone groups is 1. The minimum absolute atomic E-state index is 0.0580. The summed E-state index contributed by atoms with van der Waals surface area (Å²) >= 11 is 1.66. The van der Waals surface area contributed by atoms with Crippen molar-refractivity contribution < 1.29 is 10.0 Å². The molecule has 1 amide bonds. The normalized spacial score (nSPS) is 13.1. The Morgan fingerprint density at radius 2 is 1.70 bits per heavy atom. The van der Waals surface area contributed by atoms with Crippen LogP contribution in [0.5, 0.6) is 0 Å². The van der Waals surface area contributed by atoms with Gasteiger partial charge in [-0.3, -0.25) is 9.69 Å². The fraction of sp³-hybridized carbons (Fsp3) is 0.0870. The molecule has 1 aliphatic heterocycles. The van der Waals surface area contributed by atoms with Crippen LogP contribution in [-0.4, -0.2) is 29.6 Å². The highest BCUT2D eigenvalue weighted by Gasteiger charge is 2.27. The SMILES string of the molecule is C/C(=N\NCC(=O)N1c2ccccc2Sc2ccccc21)c1cccc(/C=N/O)c1. The Morgan fingerprint density at radius 1 is 1.03 bits per heavy atom. The maximum Gasteiger partial charge on any atom is 0.252 e. The van der Waals surface area contributed by atoms with Gasteiger partial charge in [0.2, 0.25) is 0 Å². The summed E-state index contributed by atoms with van der Waals surface area (Å²) in [7, 11) is 0. The van der Waals surface area contributed by atoms with E-state index in [4.69, 9.17) is 5.21 Å². The smallest absolute Gasteiger partial charge is 0.252 e. The molecule has 0 aromatic heterocycles. The fourth-order valence-corrected chi connectivity index (χ4v) is 4.31. The highest BCUT2D eigenvalue weighted by atomic mass is 32.2. The largest absolute Gasteiger partial charge is 0.411 e. The number of rotatable bonds is 5. The standard InChI is InChI=1S/C23H20N4O2S/c1-16(18-8-6-7-17(13-18)14-25-29)26-24-15-23(28)27-19-9-2-4-11-21(19)30-22-12-5-3-10-20(22)27/h2-14,24,29H,15H2,1H3/b25-14+,26-16+. The number of carbonyl (C=O) groups excluding carboxylic acids is 1. The number of hydrogen-bond acceptors (Lipinski definition) is 6. The minimum Gasteiger partial charge on any atom is -0.411 e. The zero-order valence-electron chi connectivity index (χ0n) is 16.3. The first-order valence-electron chi connectivity index (χ1n) is 9.41. The highest BCUT2D eigenvalue weighted by molar-refractivity contribution is 7.99. The van der Waals surface area contributed by atoms with Gasteiger partial charge in [0.15, 0.2) is 0 Å². The van der Waals surface area contributed by atoms with Gasteiger partial charge in [0.1, 0.15) is 6.54 Å². The van der Waals surface area contributed by atoms with Crippen LogP contribution in [0.4, 0.5) is 11.4 Å². The fourth-order valence-electron chi connectivity index (χ4n) is 3.25. The zero-order valence-corrected chi connectivity index (χ0v) is 17.1. The number of nitrogens with zero attached hydrogens (tertiary/aromatic N) is 3. The van der Waals surface area contributed by atoms with E-state index in [0.29, 0.717) is 0 Å². The van der Waals surface area contributed by atoms with E-state index < -0.39 is 0 Å². The van der Waals surface area contributed by atoms with Crippen molar-refractivity contribution in [2.24, 2.45) is 10.3 Å². The quantitative estimate of drug-likeness (QED) is 0.361. The lowest BCUT2D eigenvalue weighted by molar-refractivity contribution is -0.117. The third-order valence-corrected chi connectivity index (χ3v) is 5.80. The first-order valence-corrected chi connectivity index (χ1v) is 10.2. The van der Waals surface area contributed by atoms with Gasteiger partial charge in [0.05, 0.1) is 23.3 Å². The molecule has 1 heterocycles. The first-order chi connectivity index (χ1) is 14.7. The molecular weight excluding hydrogens is 396 g/mol. The average molecular weight is 417 g/mol. The van der Waals surface area contributed by atoms with Crippen LogP contribution in [0.3, 0.4) is 0 Å². The number of fused-ring (bicyclic) bond motifs is 2. The van der Waals surface area contributed by atoms with E-state index in [0.717, 1.165) is 38.0 Å². The maximum absolute atomic E-state index is 13.1. The molecule has 4 rings (SSSR count). The summed E-state index contributed by atoms with van der Waals surface area (Å²) in [5, 5.41) is 16.1. The van der Waals surface area contributed by atoms with E-state index in [-0.39, 0.29) is 12.5 Å². The summed E-state index contributed by atoms with van der Waals surface area (Å²) in [4.78, 5) is 17.0. The molecule has 0 aliphatic carbocycles. The molecule has 0 saturated carbocycles. The molecule has 7 heteroatoms. The molecule has 0 radical (unpaired) electrons. The first kappa shape index (κ1) is 19.7. The highest BCUT2D eigenvalue weighted by Crippen LogP contribution is 2.47. The molecule has 0 unspecified atom stereocenters. The summed E-state index contributed by atoms with van der Waals surface area (Å²) in [6.07, 6.45) is 1.36. The number of para-hydroxylation sites is 2. The number of anilines is 2. The van der Waals surface area contributed by atoms with Crippen LogP contribution in [0.1, 0.15) is 18.1 Å². The van der Waals surface area contributed by atoms with Crippen LogP contribution in [-0.2, 0) is 4.79 Å². The van der Waals surface area contributed by atoms with Gasteiger partial charge >= 0.3 is 0 Å². The molecule has 30 heavy (non-hydrogen) atoms. The van der Waals surface area contributed by atoms with Crippen LogP contribution in [0.25, 0.3) is 0 Å². The van der Waals surface area contributed by atoms with Crippen LogP contribution >= 0.6 is 11.8 Å². The molecule has 150 valence electrons. The van der Waals surface area contributed by atoms with Gasteiger partial charge in [0.25, 0.3) is 5.91 Å². The Balaban J connectivity index is 1.52. The molecule has 1 aliphatic rings. The third-order valence-electron chi connectivity index (χ3n) is 4.67. The van der Waals surface area contributed by atoms with Crippen molar-refractivity contribution in [1.82, 2.24) is 5.43 Å². The molecular formula is C23H20N4O2S. The molecule has 0 atom stereocenters. The van der Waals surface area contributed by atoms with Gasteiger partial charge in [0, 0.05) is 9.79 Å². The van der Waals surface area contributed by atoms with Gasteiger partial charge in [-0.05, 0) is 48.4 Å². The van der Waals surface area contributed by atoms with E-state index in [9.17, 15) is 4.79 Å². The molecule has 3 aromatic rings. The van der Waals surface area contributed by atoms with Gasteiger partial charge in [-0.25, -0.2) is 0 Å². The number of amides is 1. The van der Waals surface area contributed by atoms with Crippen LogP contribution in [0, 0.1) is 0 Å². The van der Waals surface area contributed by atoms with Gasteiger partial charge < -0.3 is 10.6 Å². The summed E-state index contributed by atoms with van der Waals surface area (Å²) in [6, 6.07) is 23.2. The third kappa shape index (κ3) is 4.06. The van der Waals surface area contributed by atoms with Crippen molar-refractivity contribution in [3.63, 3.8) is 0 Å². The van der Waals surface area contributed by atoms with E-state index in [1.807, 2.05) is 79.7 Å². The monoisotopic (exact) mass is 416 g/mol. The lowest BCUT2D eigenvalue weighted by atomic mass is 10.1. The molecule has 0 fully saturated rings. The maximum atomic E-state index is 13.1. The lowest BCUT2D eigenvalue weighted by Gasteiger charge is -2.30. The Labute approximate surface area is 178 Å². The van der Waals surface area contributed by atoms with Crippen molar-refractivity contribution >= 4 is 41.0 Å². The second kappa shape index (κ2) is 8.84. The van der Waals surface area contributed by atoms with E-state index >= 15 is 0 Å². The number of nitrogens with one attached hydrogen (secondary N) is 1. The number of benzene rings is 3. The Morgan fingerprint density at radius 3 is 2.37 bits per heavy atom. The average Bonchev–Trinajstić information content (AvgIpc) is 2.77. The van der Waals surface area contributed by atoms with Gasteiger partial charge in [-0.2, -0.15) is 5.10 Å². The van der Waals surface area contributed by atoms with Crippen molar-refractivity contribution in [2.45, 2.75) is 16.7 Å².